The monoisotopic (exact) mass is 112 g/mol. The summed E-state index contributed by atoms with van der Waals surface area (Å²) in [6, 6.07) is 0. The van der Waals surface area contributed by atoms with Gasteiger partial charge in [0, 0.05) is 0 Å². The predicted molar refractivity (Wildman–Crippen MR) is 18.9 cm³/mol. The second-order valence-electron chi connectivity index (χ2n) is 0.464. The largest absolute Gasteiger partial charge is 0.369 e. The Kier molecular flexibility index (Phi) is 3.24. The molecule has 2 N–H and O–H groups in total. The highest BCUT2D eigenvalue weighted by Crippen LogP contribution is 1.70. The van der Waals surface area contributed by atoms with E-state index in [0.29, 0.717) is 0 Å². The first-order valence-electron chi connectivity index (χ1n) is 1.12. The Morgan fingerprint density at radius 1 is 1.83 bits per heavy atom. The quantitative estimate of drug-likeness (QED) is 0.358. The molecule has 0 bridgehead atoms. The Balaban J connectivity index is 2.83. The van der Waals surface area contributed by atoms with Gasteiger partial charge in [-0.15, -0.1) is 0 Å². The second-order valence-corrected chi connectivity index (χ2v) is 1.13. The highest BCUT2D eigenvalue weighted by molar-refractivity contribution is 7.74. The van der Waals surface area contributed by atoms with Gasteiger partial charge in [-0.1, -0.05) is 0 Å². The average molecular weight is 112 g/mol. The van der Waals surface area contributed by atoms with Crippen molar-refractivity contribution in [1.82, 2.24) is 0 Å². The van der Waals surface area contributed by atoms with Gasteiger partial charge >= 0.3 is 11.4 Å². The van der Waals surface area contributed by atoms with E-state index in [1.54, 1.807) is 0 Å². The zero-order valence-electron chi connectivity index (χ0n) is 2.83. The molecule has 0 aliphatic carbocycles. The molecule has 0 fully saturated rings. The molecular weight excluding hydrogens is 108 g/mol. The number of aliphatic hydroxyl groups is 1. The first kappa shape index (κ1) is 6.03. The van der Waals surface area contributed by atoms with Gasteiger partial charge in [-0.2, -0.15) is 4.21 Å². The second kappa shape index (κ2) is 3.23. The zero-order valence-corrected chi connectivity index (χ0v) is 3.64. The van der Waals surface area contributed by atoms with Crippen molar-refractivity contribution in [3.05, 3.63) is 0 Å². The molecule has 0 aromatic heterocycles. The van der Waals surface area contributed by atoms with Gasteiger partial charge in [-0.25, -0.2) is 4.18 Å². The summed E-state index contributed by atoms with van der Waals surface area (Å²) in [6.07, 6.45) is 0. The van der Waals surface area contributed by atoms with E-state index in [4.69, 9.17) is 9.66 Å². The fourth-order valence-electron chi connectivity index (χ4n) is 0.0451. The van der Waals surface area contributed by atoms with Gasteiger partial charge in [-0.3, -0.25) is 4.55 Å². The van der Waals surface area contributed by atoms with Crippen molar-refractivity contribution in [1.29, 1.82) is 0 Å². The van der Waals surface area contributed by atoms with Crippen LogP contribution in [0.25, 0.3) is 0 Å². The first-order chi connectivity index (χ1) is 2.77. The summed E-state index contributed by atoms with van der Waals surface area (Å²) in [5.41, 5.74) is 0. The maximum Gasteiger partial charge on any atom is 0.304 e. The van der Waals surface area contributed by atoms with Gasteiger partial charge in [-0.05, 0) is 0 Å². The lowest BCUT2D eigenvalue weighted by Crippen LogP contribution is -1.94. The van der Waals surface area contributed by atoms with E-state index in [0.717, 1.165) is 0 Å². The van der Waals surface area contributed by atoms with E-state index < -0.39 is 18.2 Å². The Morgan fingerprint density at radius 2 is 2.33 bits per heavy atom. The van der Waals surface area contributed by atoms with Crippen LogP contribution in [0.2, 0.25) is 0 Å². The Bertz CT molecular complexity index is 51.5. The predicted octanol–water partition coefficient (Wildman–Crippen LogP) is -0.910. The fraction of sp³-hybridized carbons (Fsp3) is 1.00. The Morgan fingerprint density at radius 3 is 2.33 bits per heavy atom. The van der Waals surface area contributed by atoms with Gasteiger partial charge in [0.1, 0.15) is 0 Å². The van der Waals surface area contributed by atoms with Gasteiger partial charge < -0.3 is 5.11 Å². The van der Waals surface area contributed by atoms with Crippen LogP contribution in [0.15, 0.2) is 0 Å². The topological polar surface area (TPSA) is 66.8 Å². The lowest BCUT2D eigenvalue weighted by Gasteiger charge is -1.84. The Labute approximate surface area is 37.2 Å². The highest BCUT2D eigenvalue weighted by Gasteiger charge is 1.83. The third-order valence-electron chi connectivity index (χ3n) is 0.154. The maximum absolute atomic E-state index is 9.33. The molecule has 0 aromatic carbocycles. The first-order valence-corrected chi connectivity index (χ1v) is 2.15. The molecule has 0 amide bonds. The van der Waals surface area contributed by atoms with E-state index in [1.165, 1.54) is 0 Å². The summed E-state index contributed by atoms with van der Waals surface area (Å²) in [4.78, 5) is 0. The minimum absolute atomic E-state index is 0.719. The molecule has 0 radical (unpaired) electrons. The van der Waals surface area contributed by atoms with Crippen LogP contribution in [0.5, 0.6) is 0 Å². The zero-order chi connectivity index (χ0) is 4.99. The smallest absolute Gasteiger partial charge is 0.304 e. The van der Waals surface area contributed by atoms with Crippen molar-refractivity contribution in [3.63, 3.8) is 0 Å². The molecule has 0 aliphatic rings. The lowest BCUT2D eigenvalue weighted by molar-refractivity contribution is 0.103. The van der Waals surface area contributed by atoms with Crippen LogP contribution in [0.1, 0.15) is 0 Å². The molecule has 0 rings (SSSR count). The van der Waals surface area contributed by atoms with Crippen LogP contribution in [-0.2, 0) is 15.5 Å². The van der Waals surface area contributed by atoms with E-state index in [1.807, 2.05) is 0 Å². The summed E-state index contributed by atoms with van der Waals surface area (Å²) >= 11 is -2.32. The van der Waals surface area contributed by atoms with Crippen molar-refractivity contribution in [2.45, 2.75) is 0 Å². The maximum atomic E-state index is 9.33. The molecule has 0 aromatic rings. The lowest BCUT2D eigenvalue weighted by atomic mass is 11.6. The molecular formula is CH4O4S. The van der Waals surface area contributed by atoms with E-state index >= 15 is 0 Å². The van der Waals surface area contributed by atoms with Gasteiger partial charge in [0.25, 0.3) is 0 Å². The standard InChI is InChI=1S/CH4O4S/c2-1-5-6(3)4/h2H,1H2,(H,3,4). The van der Waals surface area contributed by atoms with Crippen molar-refractivity contribution < 1.29 is 18.1 Å². The molecule has 38 valence electrons. The molecule has 0 spiro atoms. The summed E-state index contributed by atoms with van der Waals surface area (Å²) < 4.78 is 20.6. The van der Waals surface area contributed by atoms with Crippen LogP contribution in [0, 0.1) is 0 Å². The molecule has 1 atom stereocenters. The Hall–Kier alpha value is 0.0300. The number of hydrogen-bond acceptors (Lipinski definition) is 3. The van der Waals surface area contributed by atoms with Gasteiger partial charge in [0.05, 0.1) is 0 Å². The van der Waals surface area contributed by atoms with Gasteiger partial charge in [0.15, 0.2) is 6.79 Å². The number of aliphatic hydroxyl groups excluding tert-OH is 1. The van der Waals surface area contributed by atoms with Gasteiger partial charge in [0.2, 0.25) is 0 Å². The molecule has 0 saturated heterocycles. The molecule has 0 heterocycles. The van der Waals surface area contributed by atoms with Crippen molar-refractivity contribution >= 4 is 11.4 Å². The molecule has 0 saturated carbocycles. The number of rotatable bonds is 2. The summed E-state index contributed by atoms with van der Waals surface area (Å²) in [7, 11) is 0. The minimum Gasteiger partial charge on any atom is -0.369 e. The van der Waals surface area contributed by atoms with Crippen molar-refractivity contribution in [2.75, 3.05) is 6.79 Å². The summed E-state index contributed by atoms with van der Waals surface area (Å²) in [5, 5.41) is 7.66. The molecule has 4 nitrogen and oxygen atoms in total. The average Bonchev–Trinajstić information content (AvgIpc) is 1.35. The SMILES string of the molecule is O=S(O)OCO. The molecule has 0 aliphatic heterocycles. The van der Waals surface area contributed by atoms with Crippen LogP contribution in [0.3, 0.4) is 0 Å². The van der Waals surface area contributed by atoms with Crippen LogP contribution >= 0.6 is 0 Å². The fourth-order valence-corrected chi connectivity index (χ4v) is 0.135. The van der Waals surface area contributed by atoms with E-state index in [9.17, 15) is 4.21 Å². The molecule has 6 heavy (non-hydrogen) atoms. The molecule has 1 unspecified atom stereocenters. The summed E-state index contributed by atoms with van der Waals surface area (Å²) in [5.74, 6) is 0. The van der Waals surface area contributed by atoms with Crippen LogP contribution in [0.4, 0.5) is 0 Å². The summed E-state index contributed by atoms with van der Waals surface area (Å²) in [6.45, 7) is -0.719. The third-order valence-corrected chi connectivity index (χ3v) is 0.461. The minimum atomic E-state index is -2.32. The number of hydrogen-bond donors (Lipinski definition) is 2. The van der Waals surface area contributed by atoms with E-state index in [2.05, 4.69) is 4.18 Å². The van der Waals surface area contributed by atoms with Crippen LogP contribution < -0.4 is 0 Å². The third kappa shape index (κ3) is 4.03. The van der Waals surface area contributed by atoms with E-state index in [-0.39, 0.29) is 0 Å². The van der Waals surface area contributed by atoms with Crippen molar-refractivity contribution in [2.24, 2.45) is 0 Å². The highest BCUT2D eigenvalue weighted by atomic mass is 32.2. The molecule has 5 heteroatoms. The van der Waals surface area contributed by atoms with Crippen LogP contribution in [-0.4, -0.2) is 20.7 Å². The van der Waals surface area contributed by atoms with Crippen molar-refractivity contribution in [3.8, 4) is 0 Å². The normalized spacial score (nSPS) is 14.3.